The number of benzene rings is 1. The highest BCUT2D eigenvalue weighted by molar-refractivity contribution is 5.66. The first-order valence-electron chi connectivity index (χ1n) is 6.05. The Bertz CT molecular complexity index is 414. The number of nitrogens with zero attached hydrogens (tertiary/aromatic N) is 2. The second-order valence-electron chi connectivity index (χ2n) is 4.34. The van der Waals surface area contributed by atoms with Crippen molar-refractivity contribution in [2.24, 2.45) is 0 Å². The number of nitrogens with two attached hydrogens (primary N) is 1. The maximum Gasteiger partial charge on any atom is 0.298 e. The predicted octanol–water partition coefficient (Wildman–Crippen LogP) is 1.41. The fraction of sp³-hybridized carbons (Fsp3) is 0.500. The van der Waals surface area contributed by atoms with Gasteiger partial charge in [0.1, 0.15) is 11.4 Å². The molecule has 1 heterocycles. The lowest BCUT2D eigenvalue weighted by Crippen LogP contribution is -2.72. The van der Waals surface area contributed by atoms with Crippen LogP contribution in [0.4, 0.5) is 17.1 Å². The molecule has 0 bridgehead atoms. The molecule has 0 aliphatic carbocycles. The van der Waals surface area contributed by atoms with Gasteiger partial charge in [-0.1, -0.05) is 0 Å². The van der Waals surface area contributed by atoms with Crippen LogP contribution in [0.15, 0.2) is 18.2 Å². The fourth-order valence-electron chi connectivity index (χ4n) is 2.27. The number of hydrogen-bond donors (Lipinski definition) is 1. The summed E-state index contributed by atoms with van der Waals surface area (Å²) in [4.78, 5) is 12.9. The SMILES string of the molecule is C[NH2+]c1ccc(N2CCCCC2)c([N+](=O)[O-])c1. The molecule has 0 amide bonds. The van der Waals surface area contributed by atoms with Gasteiger partial charge in [0.2, 0.25) is 0 Å². The molecular formula is C12H18N3O2+. The van der Waals surface area contributed by atoms with Crippen molar-refractivity contribution in [3.05, 3.63) is 28.3 Å². The third-order valence-electron chi connectivity index (χ3n) is 3.23. The lowest BCUT2D eigenvalue weighted by atomic mass is 10.1. The van der Waals surface area contributed by atoms with Gasteiger partial charge >= 0.3 is 0 Å². The number of anilines is 1. The third kappa shape index (κ3) is 2.55. The molecule has 1 fully saturated rings. The smallest absolute Gasteiger partial charge is 0.298 e. The molecule has 0 aromatic heterocycles. The summed E-state index contributed by atoms with van der Waals surface area (Å²) in [6, 6.07) is 5.47. The van der Waals surface area contributed by atoms with Crippen molar-refractivity contribution in [1.29, 1.82) is 0 Å². The molecule has 0 saturated carbocycles. The normalized spacial score (nSPS) is 15.9. The van der Waals surface area contributed by atoms with Crippen LogP contribution < -0.4 is 10.2 Å². The molecule has 0 unspecified atom stereocenters. The Hall–Kier alpha value is -1.62. The van der Waals surface area contributed by atoms with Gasteiger partial charge in [-0.15, -0.1) is 0 Å². The van der Waals surface area contributed by atoms with Crippen LogP contribution >= 0.6 is 0 Å². The van der Waals surface area contributed by atoms with E-state index in [0.717, 1.165) is 37.3 Å². The van der Waals surface area contributed by atoms with Gasteiger partial charge in [-0.05, 0) is 25.3 Å². The van der Waals surface area contributed by atoms with Crippen molar-refractivity contribution >= 4 is 17.1 Å². The average molecular weight is 236 g/mol. The van der Waals surface area contributed by atoms with Crippen molar-refractivity contribution in [1.82, 2.24) is 0 Å². The number of hydrogen-bond acceptors (Lipinski definition) is 3. The van der Waals surface area contributed by atoms with E-state index < -0.39 is 0 Å². The van der Waals surface area contributed by atoms with E-state index in [1.165, 1.54) is 6.42 Å². The Morgan fingerprint density at radius 2 is 2.00 bits per heavy atom. The largest absolute Gasteiger partial charge is 0.366 e. The highest BCUT2D eigenvalue weighted by Crippen LogP contribution is 2.31. The summed E-state index contributed by atoms with van der Waals surface area (Å²) in [7, 11) is 1.89. The summed E-state index contributed by atoms with van der Waals surface area (Å²) >= 11 is 0. The molecule has 0 spiro atoms. The first-order chi connectivity index (χ1) is 8.22. The van der Waals surface area contributed by atoms with E-state index >= 15 is 0 Å². The van der Waals surface area contributed by atoms with Gasteiger partial charge < -0.3 is 10.2 Å². The topological polar surface area (TPSA) is 63.0 Å². The maximum absolute atomic E-state index is 11.1. The molecule has 0 atom stereocenters. The molecule has 1 aromatic rings. The van der Waals surface area contributed by atoms with Crippen LogP contribution in [0.25, 0.3) is 0 Å². The molecule has 1 saturated heterocycles. The van der Waals surface area contributed by atoms with Crippen molar-refractivity contribution in [3.63, 3.8) is 0 Å². The van der Waals surface area contributed by atoms with E-state index in [1.54, 1.807) is 6.07 Å². The highest BCUT2D eigenvalue weighted by Gasteiger charge is 2.22. The summed E-state index contributed by atoms with van der Waals surface area (Å²) in [6.45, 7) is 1.85. The van der Waals surface area contributed by atoms with E-state index in [2.05, 4.69) is 4.90 Å². The molecule has 1 aliphatic rings. The second-order valence-corrected chi connectivity index (χ2v) is 4.34. The molecule has 2 rings (SSSR count). The van der Waals surface area contributed by atoms with Gasteiger partial charge in [-0.2, -0.15) is 0 Å². The van der Waals surface area contributed by atoms with Crippen LogP contribution in [0.2, 0.25) is 0 Å². The van der Waals surface area contributed by atoms with E-state index in [9.17, 15) is 10.1 Å². The first kappa shape index (κ1) is 11.9. The summed E-state index contributed by atoms with van der Waals surface area (Å²) in [5.74, 6) is 0. The molecule has 0 radical (unpaired) electrons. The standard InChI is InChI=1S/C12H17N3O2/c1-13-10-5-6-11(12(9-10)15(16)17)14-7-3-2-4-8-14/h5-6,9,13H,2-4,7-8H2,1H3/p+1. The molecule has 1 aromatic carbocycles. The molecule has 1 aliphatic heterocycles. The first-order valence-corrected chi connectivity index (χ1v) is 6.05. The predicted molar refractivity (Wildman–Crippen MR) is 66.7 cm³/mol. The summed E-state index contributed by atoms with van der Waals surface area (Å²) < 4.78 is 0. The van der Waals surface area contributed by atoms with Gasteiger partial charge in [-0.25, -0.2) is 0 Å². The molecule has 17 heavy (non-hydrogen) atoms. The average Bonchev–Trinajstić information content (AvgIpc) is 2.39. The highest BCUT2D eigenvalue weighted by atomic mass is 16.6. The van der Waals surface area contributed by atoms with Crippen molar-refractivity contribution < 1.29 is 10.2 Å². The van der Waals surface area contributed by atoms with Crippen LogP contribution in [0.3, 0.4) is 0 Å². The molecule has 2 N–H and O–H groups in total. The van der Waals surface area contributed by atoms with Gasteiger partial charge in [0.05, 0.1) is 18.0 Å². The van der Waals surface area contributed by atoms with Crippen molar-refractivity contribution in [3.8, 4) is 0 Å². The Labute approximate surface area is 101 Å². The van der Waals surface area contributed by atoms with Crippen LogP contribution in [-0.4, -0.2) is 25.1 Å². The quantitative estimate of drug-likeness (QED) is 0.490. The summed E-state index contributed by atoms with van der Waals surface area (Å²) in [6.07, 6.45) is 3.47. The zero-order valence-electron chi connectivity index (χ0n) is 10.1. The number of nitro benzene ring substituents is 1. The van der Waals surface area contributed by atoms with Gasteiger partial charge in [0, 0.05) is 19.2 Å². The molecule has 5 nitrogen and oxygen atoms in total. The van der Waals surface area contributed by atoms with E-state index in [1.807, 2.05) is 24.5 Å². The minimum Gasteiger partial charge on any atom is -0.366 e. The lowest BCUT2D eigenvalue weighted by molar-refractivity contribution is -0.539. The van der Waals surface area contributed by atoms with Crippen LogP contribution in [0, 0.1) is 10.1 Å². The zero-order chi connectivity index (χ0) is 12.3. The van der Waals surface area contributed by atoms with Crippen LogP contribution in [0.5, 0.6) is 0 Å². The van der Waals surface area contributed by atoms with E-state index in [-0.39, 0.29) is 10.6 Å². The van der Waals surface area contributed by atoms with Crippen molar-refractivity contribution in [2.75, 3.05) is 25.0 Å². The third-order valence-corrected chi connectivity index (χ3v) is 3.23. The van der Waals surface area contributed by atoms with Gasteiger partial charge in [0.15, 0.2) is 0 Å². The number of piperidine rings is 1. The Balaban J connectivity index is 2.34. The van der Waals surface area contributed by atoms with Crippen molar-refractivity contribution in [2.45, 2.75) is 19.3 Å². The minimum absolute atomic E-state index is 0.225. The zero-order valence-corrected chi connectivity index (χ0v) is 10.1. The number of rotatable bonds is 3. The van der Waals surface area contributed by atoms with Gasteiger partial charge in [0.25, 0.3) is 5.69 Å². The van der Waals surface area contributed by atoms with E-state index in [0.29, 0.717) is 0 Å². The molecule has 5 heteroatoms. The Morgan fingerprint density at radius 3 is 2.59 bits per heavy atom. The lowest BCUT2D eigenvalue weighted by Gasteiger charge is -2.28. The fourth-order valence-corrected chi connectivity index (χ4v) is 2.27. The monoisotopic (exact) mass is 236 g/mol. The Morgan fingerprint density at radius 1 is 1.29 bits per heavy atom. The summed E-state index contributed by atoms with van der Waals surface area (Å²) in [5, 5.41) is 13.0. The second kappa shape index (κ2) is 5.14. The molecule has 92 valence electrons. The number of quaternary nitrogens is 1. The van der Waals surface area contributed by atoms with Crippen LogP contribution in [-0.2, 0) is 0 Å². The van der Waals surface area contributed by atoms with Crippen LogP contribution in [0.1, 0.15) is 19.3 Å². The summed E-state index contributed by atoms with van der Waals surface area (Å²) in [5.41, 5.74) is 1.89. The minimum atomic E-state index is -0.281. The van der Waals surface area contributed by atoms with E-state index in [4.69, 9.17) is 0 Å². The maximum atomic E-state index is 11.1. The molecular weight excluding hydrogens is 218 g/mol. The number of nitro groups is 1. The van der Waals surface area contributed by atoms with Gasteiger partial charge in [-0.3, -0.25) is 10.1 Å². The Kier molecular flexibility index (Phi) is 3.58.